The zero-order chi connectivity index (χ0) is 24.6. The van der Waals surface area contributed by atoms with Crippen LogP contribution in [0.15, 0.2) is 29.2 Å². The molecule has 1 aromatic heterocycles. The molecule has 8 nitrogen and oxygen atoms in total. The number of rotatable bonds is 9. The summed E-state index contributed by atoms with van der Waals surface area (Å²) in [5.74, 6) is 0.559. The Bertz CT molecular complexity index is 1170. The van der Waals surface area contributed by atoms with E-state index in [9.17, 15) is 18.0 Å². The Labute approximate surface area is 204 Å². The summed E-state index contributed by atoms with van der Waals surface area (Å²) in [6.45, 7) is 7.70. The molecule has 1 saturated carbocycles. The lowest BCUT2D eigenvalue weighted by Crippen LogP contribution is -2.41. The number of sulfone groups is 1. The van der Waals surface area contributed by atoms with E-state index >= 15 is 0 Å². The molecule has 1 aliphatic heterocycles. The third-order valence-corrected chi connectivity index (χ3v) is 9.51. The predicted octanol–water partition coefficient (Wildman–Crippen LogP) is 3.14. The van der Waals surface area contributed by atoms with Crippen molar-refractivity contribution in [1.82, 2.24) is 9.88 Å². The number of primary amides is 1. The van der Waals surface area contributed by atoms with E-state index in [1.807, 2.05) is 0 Å². The van der Waals surface area contributed by atoms with Crippen molar-refractivity contribution >= 4 is 38.1 Å². The first-order chi connectivity index (χ1) is 16.1. The summed E-state index contributed by atoms with van der Waals surface area (Å²) in [4.78, 5) is 32.6. The molecule has 2 amide bonds. The molecular weight excluding hydrogens is 472 g/mol. The quantitative estimate of drug-likeness (QED) is 0.541. The predicted molar refractivity (Wildman–Crippen MR) is 132 cm³/mol. The normalized spacial score (nSPS) is 22.4. The third-order valence-electron chi connectivity index (χ3n) is 6.78. The van der Waals surface area contributed by atoms with Crippen LogP contribution in [0.5, 0.6) is 0 Å². The van der Waals surface area contributed by atoms with Gasteiger partial charge in [0.2, 0.25) is 11.8 Å². The molecule has 0 radical (unpaired) electrons. The van der Waals surface area contributed by atoms with Gasteiger partial charge in [-0.2, -0.15) is 0 Å². The van der Waals surface area contributed by atoms with Crippen LogP contribution in [0, 0.1) is 17.8 Å². The first kappa shape index (κ1) is 24.8. The van der Waals surface area contributed by atoms with E-state index in [1.54, 1.807) is 31.2 Å². The zero-order valence-corrected chi connectivity index (χ0v) is 21.4. The van der Waals surface area contributed by atoms with Gasteiger partial charge in [0.15, 0.2) is 15.0 Å². The van der Waals surface area contributed by atoms with E-state index < -0.39 is 9.84 Å². The summed E-state index contributed by atoms with van der Waals surface area (Å²) in [6, 6.07) is 6.65. The van der Waals surface area contributed by atoms with Gasteiger partial charge in [0, 0.05) is 23.9 Å². The van der Waals surface area contributed by atoms with Gasteiger partial charge >= 0.3 is 0 Å². The second-order valence-electron chi connectivity index (χ2n) is 9.65. The minimum absolute atomic E-state index is 0.0198. The number of nitrogens with one attached hydrogen (secondary N) is 1. The first-order valence-electron chi connectivity index (χ1n) is 11.7. The van der Waals surface area contributed by atoms with Crippen molar-refractivity contribution in [3.63, 3.8) is 0 Å². The Hall–Kier alpha value is -2.30. The number of aromatic nitrogens is 1. The standard InChI is InChI=1S/C24H32N4O4S2/c1-4-34(31,32)18-7-5-15(6-8-18)11-20(29)26-24-27-21-19(33-24)13-28(22(21)14(2)3)12-16-9-17(10-16)23(25)30/h5-8,14,16-17,22H,4,9-13H2,1-3H3,(H2,25,30)(H,26,27,29)/t16-,17-,22-/m0/s1. The number of fused-ring (bicyclic) bond motifs is 1. The number of carbonyl (C=O) groups excluding carboxylic acids is 2. The molecule has 1 aromatic carbocycles. The highest BCUT2D eigenvalue weighted by Crippen LogP contribution is 2.44. The molecule has 34 heavy (non-hydrogen) atoms. The van der Waals surface area contributed by atoms with Crippen molar-refractivity contribution in [1.29, 1.82) is 0 Å². The summed E-state index contributed by atoms with van der Waals surface area (Å²) in [5.41, 5.74) is 7.20. The van der Waals surface area contributed by atoms with E-state index in [0.29, 0.717) is 17.0 Å². The lowest BCUT2D eigenvalue weighted by Gasteiger charge is -2.38. The Morgan fingerprint density at radius 1 is 1.24 bits per heavy atom. The van der Waals surface area contributed by atoms with Crippen LogP contribution in [0.2, 0.25) is 0 Å². The Morgan fingerprint density at radius 3 is 2.50 bits per heavy atom. The third kappa shape index (κ3) is 5.18. The SMILES string of the molecule is CCS(=O)(=O)c1ccc(CC(=O)Nc2nc3c(s2)CN(C[C@H]2C[C@H](C(N)=O)C2)[C@H]3C(C)C)cc1. The van der Waals surface area contributed by atoms with Gasteiger partial charge in [0.1, 0.15) is 0 Å². The van der Waals surface area contributed by atoms with Gasteiger partial charge < -0.3 is 11.1 Å². The van der Waals surface area contributed by atoms with E-state index in [2.05, 4.69) is 24.1 Å². The number of nitrogens with zero attached hydrogens (tertiary/aromatic N) is 2. The maximum atomic E-state index is 12.6. The molecule has 1 fully saturated rings. The molecule has 4 rings (SSSR count). The minimum Gasteiger partial charge on any atom is -0.369 e. The minimum atomic E-state index is -3.25. The Kier molecular flexibility index (Phi) is 7.12. The molecule has 184 valence electrons. The molecule has 0 bridgehead atoms. The maximum absolute atomic E-state index is 12.6. The Balaban J connectivity index is 1.36. The van der Waals surface area contributed by atoms with Crippen LogP contribution in [-0.4, -0.2) is 42.4 Å². The second-order valence-corrected chi connectivity index (χ2v) is 13.0. The average Bonchev–Trinajstić information content (AvgIpc) is 3.26. The fourth-order valence-corrected chi connectivity index (χ4v) is 6.84. The molecule has 0 spiro atoms. The molecule has 3 N–H and O–H groups in total. The number of hydrogen-bond acceptors (Lipinski definition) is 7. The highest BCUT2D eigenvalue weighted by molar-refractivity contribution is 7.91. The van der Waals surface area contributed by atoms with Crippen molar-refractivity contribution in [2.24, 2.45) is 23.5 Å². The number of nitrogens with two attached hydrogens (primary N) is 1. The van der Waals surface area contributed by atoms with Gasteiger partial charge in [-0.1, -0.05) is 32.9 Å². The summed E-state index contributed by atoms with van der Waals surface area (Å²) >= 11 is 1.51. The van der Waals surface area contributed by atoms with Crippen LogP contribution in [0.25, 0.3) is 0 Å². The van der Waals surface area contributed by atoms with Gasteiger partial charge in [0.05, 0.1) is 28.8 Å². The maximum Gasteiger partial charge on any atom is 0.230 e. The topological polar surface area (TPSA) is 122 Å². The van der Waals surface area contributed by atoms with E-state index in [0.717, 1.165) is 37.2 Å². The zero-order valence-electron chi connectivity index (χ0n) is 19.8. The fraction of sp³-hybridized carbons (Fsp3) is 0.542. The molecule has 2 aromatic rings. The van der Waals surface area contributed by atoms with Crippen molar-refractivity contribution < 1.29 is 18.0 Å². The summed E-state index contributed by atoms with van der Waals surface area (Å²) in [7, 11) is -3.25. The van der Waals surface area contributed by atoms with Gasteiger partial charge in [-0.25, -0.2) is 13.4 Å². The van der Waals surface area contributed by atoms with Crippen LogP contribution in [-0.2, 0) is 32.4 Å². The van der Waals surface area contributed by atoms with Crippen LogP contribution in [0.1, 0.15) is 55.8 Å². The van der Waals surface area contributed by atoms with Gasteiger partial charge in [-0.05, 0) is 42.4 Å². The molecule has 1 atom stereocenters. The highest BCUT2D eigenvalue weighted by atomic mass is 32.2. The molecule has 1 aliphatic carbocycles. The van der Waals surface area contributed by atoms with E-state index in [1.165, 1.54) is 16.2 Å². The van der Waals surface area contributed by atoms with Gasteiger partial charge in [0.25, 0.3) is 0 Å². The molecular formula is C24H32N4O4S2. The number of benzene rings is 1. The van der Waals surface area contributed by atoms with Crippen LogP contribution in [0.3, 0.4) is 0 Å². The molecule has 2 aliphatic rings. The number of thiazole rings is 1. The fourth-order valence-electron chi connectivity index (χ4n) is 4.91. The van der Waals surface area contributed by atoms with Gasteiger partial charge in [-0.15, -0.1) is 11.3 Å². The van der Waals surface area contributed by atoms with Crippen LogP contribution in [0.4, 0.5) is 5.13 Å². The second kappa shape index (κ2) is 9.75. The molecule has 0 unspecified atom stereocenters. The largest absolute Gasteiger partial charge is 0.369 e. The highest BCUT2D eigenvalue weighted by Gasteiger charge is 2.40. The van der Waals surface area contributed by atoms with E-state index in [4.69, 9.17) is 10.7 Å². The number of carbonyl (C=O) groups is 2. The molecule has 10 heteroatoms. The molecule has 2 heterocycles. The Morgan fingerprint density at radius 2 is 1.91 bits per heavy atom. The smallest absolute Gasteiger partial charge is 0.230 e. The van der Waals surface area contributed by atoms with Crippen molar-refractivity contribution in [2.45, 2.75) is 57.5 Å². The first-order valence-corrected chi connectivity index (χ1v) is 14.2. The van der Waals surface area contributed by atoms with Crippen molar-refractivity contribution in [2.75, 3.05) is 17.6 Å². The molecule has 0 saturated heterocycles. The summed E-state index contributed by atoms with van der Waals surface area (Å²) in [6.07, 6.45) is 1.88. The van der Waals surface area contributed by atoms with Crippen molar-refractivity contribution in [3.05, 3.63) is 40.4 Å². The van der Waals surface area contributed by atoms with Gasteiger partial charge in [-0.3, -0.25) is 14.5 Å². The number of hydrogen-bond donors (Lipinski definition) is 2. The lowest BCUT2D eigenvalue weighted by molar-refractivity contribution is -0.126. The average molecular weight is 505 g/mol. The number of amides is 2. The summed E-state index contributed by atoms with van der Waals surface area (Å²) in [5, 5.41) is 3.51. The van der Waals surface area contributed by atoms with E-state index in [-0.39, 0.29) is 40.8 Å². The lowest BCUT2D eigenvalue weighted by atomic mass is 9.74. The van der Waals surface area contributed by atoms with Crippen molar-refractivity contribution in [3.8, 4) is 0 Å². The number of anilines is 1. The van der Waals surface area contributed by atoms with Crippen LogP contribution < -0.4 is 11.1 Å². The van der Waals surface area contributed by atoms with Crippen LogP contribution >= 0.6 is 11.3 Å². The summed E-state index contributed by atoms with van der Waals surface area (Å²) < 4.78 is 23.9. The monoisotopic (exact) mass is 504 g/mol.